The first-order chi connectivity index (χ1) is 8.41. The van der Waals surface area contributed by atoms with Crippen LogP contribution < -0.4 is 0 Å². The second-order valence-electron chi connectivity index (χ2n) is 4.35. The van der Waals surface area contributed by atoms with E-state index in [-0.39, 0.29) is 19.5 Å². The molecule has 0 rings (SSSR count). The molecule has 0 fully saturated rings. The van der Waals surface area contributed by atoms with E-state index in [0.29, 0.717) is 6.61 Å². The van der Waals surface area contributed by atoms with Crippen molar-refractivity contribution in [3.8, 4) is 0 Å². The Labute approximate surface area is 130 Å². The van der Waals surface area contributed by atoms with Crippen LogP contribution in [0.2, 0.25) is 0 Å². The normalized spacial score (nSPS) is 10.3. The Morgan fingerprint density at radius 2 is 1.00 bits per heavy atom. The molecule has 19 heavy (non-hydrogen) atoms. The maximum Gasteiger partial charge on any atom is 0.394 e. The van der Waals surface area contributed by atoms with E-state index in [4.69, 9.17) is 22.6 Å². The van der Waals surface area contributed by atoms with Crippen molar-refractivity contribution in [3.05, 3.63) is 0 Å². The Balaban J connectivity index is -0.000000366. The molecule has 114 valence electrons. The maximum atomic E-state index is 8.74. The number of aliphatic hydroxyl groups is 1. The molecule has 0 atom stereocenters. The quantitative estimate of drug-likeness (QED) is 0.320. The summed E-state index contributed by atoms with van der Waals surface area (Å²) >= 11 is 0. The zero-order valence-electron chi connectivity index (χ0n) is 12.1. The van der Waals surface area contributed by atoms with E-state index < -0.39 is 10.4 Å². The molecule has 0 radical (unpaired) electrons. The largest absolute Gasteiger partial charge is 0.396 e. The summed E-state index contributed by atoms with van der Waals surface area (Å²) in [5.41, 5.74) is 0. The average Bonchev–Trinajstić information content (AvgIpc) is 2.25. The number of rotatable bonds is 10. The first-order valence-electron chi connectivity index (χ1n) is 6.72. The van der Waals surface area contributed by atoms with Gasteiger partial charge in [-0.15, -0.1) is 0 Å². The molecule has 7 heteroatoms. The summed E-state index contributed by atoms with van der Waals surface area (Å²) in [4.78, 5) is 0. The maximum absolute atomic E-state index is 8.74. The smallest absolute Gasteiger partial charge is 0.394 e. The Hall–Kier alpha value is 0.453. The van der Waals surface area contributed by atoms with Gasteiger partial charge in [0.25, 0.3) is 0 Å². The SMILES string of the molecule is CCCCCCCCCCCCO.O=S(=O)(O)O.[Zn]. The molecule has 0 unspecified atom stereocenters. The standard InChI is InChI=1S/C12H26O.H2O4S.Zn/c1-2-3-4-5-6-7-8-9-10-11-12-13;1-5(2,3)4;/h13H,2-12H2,1H3;(H2,1,2,3,4);. The predicted molar refractivity (Wildman–Crippen MR) is 73.1 cm³/mol. The molecule has 0 aromatic heterocycles. The van der Waals surface area contributed by atoms with Gasteiger partial charge in [-0.25, -0.2) is 0 Å². The molecule has 0 saturated heterocycles. The van der Waals surface area contributed by atoms with Gasteiger partial charge in [-0.2, -0.15) is 8.42 Å². The van der Waals surface area contributed by atoms with Crippen molar-refractivity contribution < 1.29 is 42.1 Å². The van der Waals surface area contributed by atoms with Crippen LogP contribution in [-0.4, -0.2) is 29.2 Å². The van der Waals surface area contributed by atoms with Gasteiger partial charge in [-0.3, -0.25) is 9.11 Å². The third-order valence-corrected chi connectivity index (χ3v) is 2.51. The van der Waals surface area contributed by atoms with Gasteiger partial charge in [-0.05, 0) is 6.42 Å². The number of hydrogen-bond donors (Lipinski definition) is 3. The van der Waals surface area contributed by atoms with Gasteiger partial charge in [0, 0.05) is 26.1 Å². The van der Waals surface area contributed by atoms with Crippen LogP contribution in [0.4, 0.5) is 0 Å². The van der Waals surface area contributed by atoms with Crippen LogP contribution in [-0.2, 0) is 29.9 Å². The minimum atomic E-state index is -4.67. The number of aliphatic hydroxyl groups excluding tert-OH is 1. The summed E-state index contributed by atoms with van der Waals surface area (Å²) in [6.07, 6.45) is 13.3. The van der Waals surface area contributed by atoms with Crippen molar-refractivity contribution in [2.45, 2.75) is 71.1 Å². The van der Waals surface area contributed by atoms with Crippen molar-refractivity contribution >= 4 is 10.4 Å². The zero-order chi connectivity index (χ0) is 14.3. The van der Waals surface area contributed by atoms with Crippen LogP contribution in [0.1, 0.15) is 71.1 Å². The molecule has 0 amide bonds. The van der Waals surface area contributed by atoms with E-state index in [1.165, 1.54) is 57.8 Å². The van der Waals surface area contributed by atoms with E-state index in [1.54, 1.807) is 0 Å². The second kappa shape index (κ2) is 18.5. The molecular formula is C12H28O5SZn. The fourth-order valence-corrected chi connectivity index (χ4v) is 1.60. The fraction of sp³-hybridized carbons (Fsp3) is 1.00. The van der Waals surface area contributed by atoms with E-state index in [9.17, 15) is 0 Å². The van der Waals surface area contributed by atoms with Crippen molar-refractivity contribution in [2.75, 3.05) is 6.61 Å². The van der Waals surface area contributed by atoms with E-state index in [0.717, 1.165) is 6.42 Å². The van der Waals surface area contributed by atoms with Gasteiger partial charge in [0.05, 0.1) is 0 Å². The summed E-state index contributed by atoms with van der Waals surface area (Å²) in [5.74, 6) is 0. The van der Waals surface area contributed by atoms with Gasteiger partial charge in [-0.1, -0.05) is 64.7 Å². The Morgan fingerprint density at radius 3 is 1.26 bits per heavy atom. The van der Waals surface area contributed by atoms with Crippen molar-refractivity contribution in [3.63, 3.8) is 0 Å². The molecule has 0 aliphatic heterocycles. The molecular weight excluding hydrogens is 322 g/mol. The first-order valence-corrected chi connectivity index (χ1v) is 8.12. The summed E-state index contributed by atoms with van der Waals surface area (Å²) in [7, 11) is -4.67. The third-order valence-electron chi connectivity index (χ3n) is 2.51. The van der Waals surface area contributed by atoms with Gasteiger partial charge < -0.3 is 5.11 Å². The molecule has 0 aromatic rings. The molecule has 0 bridgehead atoms. The monoisotopic (exact) mass is 348 g/mol. The van der Waals surface area contributed by atoms with Crippen molar-refractivity contribution in [2.24, 2.45) is 0 Å². The number of unbranched alkanes of at least 4 members (excludes halogenated alkanes) is 9. The average molecular weight is 350 g/mol. The van der Waals surface area contributed by atoms with Gasteiger partial charge in [0.2, 0.25) is 0 Å². The summed E-state index contributed by atoms with van der Waals surface area (Å²) in [6, 6.07) is 0. The minimum Gasteiger partial charge on any atom is -0.396 e. The van der Waals surface area contributed by atoms with Gasteiger partial charge in [0.15, 0.2) is 0 Å². The third kappa shape index (κ3) is 45.7. The van der Waals surface area contributed by atoms with Crippen LogP contribution >= 0.6 is 0 Å². The number of hydrogen-bond acceptors (Lipinski definition) is 3. The molecule has 0 heterocycles. The van der Waals surface area contributed by atoms with E-state index >= 15 is 0 Å². The van der Waals surface area contributed by atoms with Crippen molar-refractivity contribution in [1.82, 2.24) is 0 Å². The van der Waals surface area contributed by atoms with Crippen molar-refractivity contribution in [1.29, 1.82) is 0 Å². The molecule has 3 N–H and O–H groups in total. The topological polar surface area (TPSA) is 94.8 Å². The Kier molecular flexibility index (Phi) is 23.8. The summed E-state index contributed by atoms with van der Waals surface area (Å²) in [6.45, 7) is 2.63. The van der Waals surface area contributed by atoms with Crippen LogP contribution in [0.15, 0.2) is 0 Å². The van der Waals surface area contributed by atoms with Gasteiger partial charge >= 0.3 is 10.4 Å². The molecule has 0 aromatic carbocycles. The van der Waals surface area contributed by atoms with Crippen LogP contribution in [0.5, 0.6) is 0 Å². The summed E-state index contributed by atoms with van der Waals surface area (Å²) in [5, 5.41) is 8.57. The molecule has 0 aliphatic carbocycles. The van der Waals surface area contributed by atoms with Gasteiger partial charge in [0.1, 0.15) is 0 Å². The van der Waals surface area contributed by atoms with E-state index in [2.05, 4.69) is 6.92 Å². The molecule has 0 aliphatic rings. The van der Waals surface area contributed by atoms with Crippen LogP contribution in [0.3, 0.4) is 0 Å². The molecule has 5 nitrogen and oxygen atoms in total. The summed E-state index contributed by atoms with van der Waals surface area (Å²) < 4.78 is 31.6. The first kappa shape index (κ1) is 24.5. The predicted octanol–water partition coefficient (Wildman–Crippen LogP) is 3.24. The second-order valence-corrected chi connectivity index (χ2v) is 5.25. The minimum absolute atomic E-state index is 0. The van der Waals surface area contributed by atoms with Crippen LogP contribution in [0.25, 0.3) is 0 Å². The van der Waals surface area contributed by atoms with E-state index in [1.807, 2.05) is 0 Å². The molecule has 0 spiro atoms. The zero-order valence-corrected chi connectivity index (χ0v) is 15.8. The fourth-order valence-electron chi connectivity index (χ4n) is 1.60. The molecule has 0 saturated carbocycles. The van der Waals surface area contributed by atoms with Crippen LogP contribution in [0, 0.1) is 0 Å². The Bertz CT molecular complexity index is 227. The Morgan fingerprint density at radius 1 is 0.737 bits per heavy atom.